The predicted molar refractivity (Wildman–Crippen MR) is 28.9 cm³/mol. The molecule has 0 aromatic carbocycles. The molecule has 0 radical (unpaired) electrons. The molecule has 0 aromatic heterocycles. The third kappa shape index (κ3) is 437. The quantitative estimate of drug-likeness (QED) is 0.145. The van der Waals surface area contributed by atoms with E-state index in [2.05, 4.69) is 0 Å². The van der Waals surface area contributed by atoms with Gasteiger partial charge in [0.05, 0.1) is 0 Å². The van der Waals surface area contributed by atoms with E-state index in [0.717, 1.165) is 0 Å². The summed E-state index contributed by atoms with van der Waals surface area (Å²) in [6.45, 7) is 0. The zero-order valence-corrected chi connectivity index (χ0v) is 18.6. The van der Waals surface area contributed by atoms with Crippen LogP contribution in [0.5, 0.6) is 0 Å². The molecule has 72 valence electrons. The van der Waals surface area contributed by atoms with Crippen molar-refractivity contribution >= 4 is 65.0 Å². The predicted octanol–water partition coefficient (Wildman–Crippen LogP) is -5.79. The van der Waals surface area contributed by atoms with E-state index in [1.807, 2.05) is 0 Å². The third-order valence-corrected chi connectivity index (χ3v) is 0. The van der Waals surface area contributed by atoms with E-state index in [-0.39, 0.29) is 54.6 Å². The molecule has 0 spiro atoms. The molecule has 0 saturated carbocycles. The molecule has 8 nitrogen and oxygen atoms in total. The number of rotatable bonds is 0. The second kappa shape index (κ2) is 9.33. The van der Waals surface area contributed by atoms with E-state index < -0.39 is 24.0 Å². The maximum absolute atomic E-state index is 8.59. The molecular formula is H4CrO8Pb2S. The Labute approximate surface area is 111 Å². The van der Waals surface area contributed by atoms with Gasteiger partial charge in [0.25, 0.3) is 0 Å². The van der Waals surface area contributed by atoms with E-state index >= 15 is 0 Å². The van der Waals surface area contributed by atoms with E-state index in [1.54, 1.807) is 0 Å². The van der Waals surface area contributed by atoms with Crippen molar-refractivity contribution in [2.75, 3.05) is 0 Å². The second-order valence-corrected chi connectivity index (χ2v) is 2.91. The van der Waals surface area contributed by atoms with Gasteiger partial charge < -0.3 is 9.11 Å². The van der Waals surface area contributed by atoms with Crippen molar-refractivity contribution in [3.8, 4) is 0 Å². The normalized spacial score (nSPS) is 9.67. The summed E-state index contributed by atoms with van der Waals surface area (Å²) in [5.41, 5.74) is 0. The molecule has 0 atom stereocenters. The van der Waals surface area contributed by atoms with Crippen LogP contribution in [0.25, 0.3) is 0 Å². The van der Waals surface area contributed by atoms with Crippen LogP contribution in [0, 0.1) is 0 Å². The first kappa shape index (κ1) is 23.5. The minimum absolute atomic E-state index is 0. The van der Waals surface area contributed by atoms with Crippen molar-refractivity contribution in [1.82, 2.24) is 0 Å². The van der Waals surface area contributed by atoms with Crippen LogP contribution in [0.2, 0.25) is 0 Å². The third-order valence-electron chi connectivity index (χ3n) is 0. The first-order valence-electron chi connectivity index (χ1n) is 1.33. The Morgan fingerprint density at radius 1 is 0.917 bits per heavy atom. The molecule has 0 unspecified atom stereocenters. The Hall–Kier alpha value is 1.77. The molecule has 12 heteroatoms. The van der Waals surface area contributed by atoms with Gasteiger partial charge in [0.2, 0.25) is 0 Å². The van der Waals surface area contributed by atoms with Gasteiger partial charge in [-0.15, -0.1) is 0 Å². The van der Waals surface area contributed by atoms with Gasteiger partial charge in [-0.3, -0.25) is 8.42 Å². The Kier molecular flexibility index (Phi) is 18.3. The van der Waals surface area contributed by atoms with Crippen LogP contribution in [0.1, 0.15) is 0 Å². The van der Waals surface area contributed by atoms with Crippen molar-refractivity contribution in [2.24, 2.45) is 0 Å². The van der Waals surface area contributed by atoms with Crippen LogP contribution < -0.4 is 8.32 Å². The molecule has 12 heavy (non-hydrogen) atoms. The summed E-state index contributed by atoms with van der Waals surface area (Å²) in [4.78, 5) is 0. The summed E-state index contributed by atoms with van der Waals surface area (Å²) in [6.07, 6.45) is 0. The standard InChI is InChI=1S/Cr.H2O4S.4O.2Pb.4H/c;1-5(2,3)4;;;;;;;;;;/h;(H2,1,2,3,4);;;;;;;;;;/q;;;;2*-1;2*+2;;;;/p-2. The van der Waals surface area contributed by atoms with Gasteiger partial charge in [0.15, 0.2) is 0 Å². The van der Waals surface area contributed by atoms with Crippen LogP contribution >= 0.6 is 0 Å². The molecule has 0 N–H and O–H groups in total. The van der Waals surface area contributed by atoms with E-state index in [4.69, 9.17) is 33.4 Å². The summed E-state index contributed by atoms with van der Waals surface area (Å²) in [5, 5.41) is 0. The molecule has 0 aliphatic rings. The van der Waals surface area contributed by atoms with Crippen LogP contribution in [0.3, 0.4) is 0 Å². The first-order valence-corrected chi connectivity index (χ1v) is 4.75. The van der Waals surface area contributed by atoms with Crippen molar-refractivity contribution in [1.29, 1.82) is 0 Å². The Morgan fingerprint density at radius 3 is 0.917 bits per heavy atom. The van der Waals surface area contributed by atoms with Crippen molar-refractivity contribution < 1.29 is 47.1 Å². The summed E-state index contributed by atoms with van der Waals surface area (Å²) < 4.78 is 68.5. The van der Waals surface area contributed by atoms with E-state index in [0.29, 0.717) is 0 Å². The molecule has 0 heterocycles. The Bertz CT molecular complexity index is 213. The molecule has 0 bridgehead atoms. The average molecular weight is 630 g/mol. The van der Waals surface area contributed by atoms with Gasteiger partial charge in [-0.2, -0.15) is 0 Å². The van der Waals surface area contributed by atoms with E-state index in [1.165, 1.54) is 0 Å². The van der Waals surface area contributed by atoms with Gasteiger partial charge in [0, 0.05) is 10.4 Å². The molecule has 0 aromatic rings. The van der Waals surface area contributed by atoms with Gasteiger partial charge in [0.1, 0.15) is 0 Å². The Balaban J connectivity index is -0.0000000457. The summed E-state index contributed by atoms with van der Waals surface area (Å²) in [5.74, 6) is 0. The molecule has 0 amide bonds. The minimum atomic E-state index is -5.75. The zero-order chi connectivity index (χ0) is 9.00. The summed E-state index contributed by atoms with van der Waals surface area (Å²) in [6, 6.07) is 0. The maximum atomic E-state index is 8.59. The SMILES string of the molecule is O=S(=O)([O-])[O-].[O]=[Cr](=[O])([O-])[O-].[PbH2+2].[PbH2+2]. The molecule has 0 saturated heterocycles. The molecule has 0 aliphatic carbocycles. The Morgan fingerprint density at radius 2 is 0.917 bits per heavy atom. The molecular weight excluding hydrogens is 626 g/mol. The fourth-order valence-corrected chi connectivity index (χ4v) is 0. The van der Waals surface area contributed by atoms with Crippen molar-refractivity contribution in [3.63, 3.8) is 0 Å². The monoisotopic (exact) mass is 632 g/mol. The zero-order valence-electron chi connectivity index (χ0n) is 5.50. The van der Waals surface area contributed by atoms with Gasteiger partial charge in [-0.25, -0.2) is 0 Å². The van der Waals surface area contributed by atoms with Crippen LogP contribution in [-0.2, 0) is 31.6 Å². The second-order valence-electron chi connectivity index (χ2n) is 0.816. The summed E-state index contributed by atoms with van der Waals surface area (Å²) >= 11 is -5.75. The fraction of sp³-hybridized carbons (Fsp3) is 0. The van der Waals surface area contributed by atoms with Crippen LogP contribution in [0.15, 0.2) is 0 Å². The molecule has 0 rings (SSSR count). The first-order chi connectivity index (χ1) is 4.00. The summed E-state index contributed by atoms with van der Waals surface area (Å²) in [7, 11) is -5.17. The van der Waals surface area contributed by atoms with Crippen molar-refractivity contribution in [2.45, 2.75) is 0 Å². The average Bonchev–Trinajstić information content (AvgIpc) is 1.12. The topological polar surface area (TPSA) is 161 Å². The van der Waals surface area contributed by atoms with Gasteiger partial charge >= 0.3 is 84.1 Å². The van der Waals surface area contributed by atoms with Crippen LogP contribution in [-0.4, -0.2) is 72.1 Å². The van der Waals surface area contributed by atoms with Gasteiger partial charge in [-0.1, -0.05) is 0 Å². The van der Waals surface area contributed by atoms with Gasteiger partial charge in [-0.05, 0) is 0 Å². The molecule has 0 fully saturated rings. The van der Waals surface area contributed by atoms with E-state index in [9.17, 15) is 0 Å². The van der Waals surface area contributed by atoms with Crippen molar-refractivity contribution in [3.05, 3.63) is 0 Å². The van der Waals surface area contributed by atoms with Crippen LogP contribution in [0.4, 0.5) is 0 Å². The number of hydrogen-bond donors (Lipinski definition) is 0. The molecule has 0 aliphatic heterocycles. The fourth-order valence-electron chi connectivity index (χ4n) is 0. The number of hydrogen-bond acceptors (Lipinski definition) is 8.